The molecule has 0 spiro atoms. The predicted octanol–water partition coefficient (Wildman–Crippen LogP) is 3.33. The van der Waals surface area contributed by atoms with E-state index in [1.54, 1.807) is 31.2 Å². The summed E-state index contributed by atoms with van der Waals surface area (Å²) < 4.78 is 18.7. The fraction of sp³-hybridized carbons (Fsp3) is 0.188. The summed E-state index contributed by atoms with van der Waals surface area (Å²) in [6.45, 7) is 1.77. The molecule has 2 aromatic rings. The highest BCUT2D eigenvalue weighted by Crippen LogP contribution is 2.20. The maximum absolute atomic E-state index is 13.2. The maximum atomic E-state index is 13.2. The van der Waals surface area contributed by atoms with Gasteiger partial charge in [-0.1, -0.05) is 12.1 Å². The molecule has 1 N–H and O–H groups in total. The molecule has 1 atom stereocenters. The minimum atomic E-state index is -0.581. The largest absolute Gasteiger partial charge is 0.489 e. The van der Waals surface area contributed by atoms with Crippen molar-refractivity contribution in [2.45, 2.75) is 19.6 Å². The average Bonchev–Trinajstić information content (AvgIpc) is 2.45. The zero-order valence-electron chi connectivity index (χ0n) is 11.0. The van der Waals surface area contributed by atoms with Crippen LogP contribution in [0.3, 0.4) is 0 Å². The number of benzene rings is 2. The molecule has 0 radical (unpaired) electrons. The van der Waals surface area contributed by atoms with Crippen molar-refractivity contribution in [2.24, 2.45) is 0 Å². The summed E-state index contributed by atoms with van der Waals surface area (Å²) in [5.74, 6) is 0.164. The highest BCUT2D eigenvalue weighted by atomic mass is 19.1. The van der Waals surface area contributed by atoms with Gasteiger partial charge in [0.25, 0.3) is 0 Å². The van der Waals surface area contributed by atoms with Gasteiger partial charge in [-0.25, -0.2) is 4.39 Å². The lowest BCUT2D eigenvalue weighted by Gasteiger charge is -2.10. The van der Waals surface area contributed by atoms with Crippen LogP contribution in [0.4, 0.5) is 4.39 Å². The Labute approximate surface area is 116 Å². The lowest BCUT2D eigenvalue weighted by atomic mass is 10.1. The maximum Gasteiger partial charge on any atom is 0.123 e. The first-order chi connectivity index (χ1) is 9.60. The quantitative estimate of drug-likeness (QED) is 0.928. The van der Waals surface area contributed by atoms with Gasteiger partial charge in [-0.15, -0.1) is 0 Å². The van der Waals surface area contributed by atoms with Gasteiger partial charge in [0, 0.05) is 5.56 Å². The number of aliphatic hydroxyl groups excluding tert-OH is 1. The highest BCUT2D eigenvalue weighted by molar-refractivity contribution is 5.38. The first-order valence-electron chi connectivity index (χ1n) is 6.19. The van der Waals surface area contributed by atoms with Gasteiger partial charge in [0.2, 0.25) is 0 Å². The summed E-state index contributed by atoms with van der Waals surface area (Å²) in [7, 11) is 0. The third kappa shape index (κ3) is 3.34. The third-order valence-corrected chi connectivity index (χ3v) is 2.92. The number of rotatable bonds is 4. The Morgan fingerprint density at radius 3 is 2.80 bits per heavy atom. The van der Waals surface area contributed by atoms with Crippen molar-refractivity contribution in [2.75, 3.05) is 0 Å². The summed E-state index contributed by atoms with van der Waals surface area (Å²) >= 11 is 0. The molecule has 0 heterocycles. The molecular weight excluding hydrogens is 257 g/mol. The normalized spacial score (nSPS) is 11.7. The fourth-order valence-corrected chi connectivity index (χ4v) is 1.82. The number of nitriles is 1. The Kier molecular flexibility index (Phi) is 4.34. The van der Waals surface area contributed by atoms with Crippen LogP contribution in [0.1, 0.15) is 29.7 Å². The van der Waals surface area contributed by atoms with Crippen molar-refractivity contribution < 1.29 is 14.2 Å². The van der Waals surface area contributed by atoms with E-state index in [-0.39, 0.29) is 6.61 Å². The molecule has 0 unspecified atom stereocenters. The van der Waals surface area contributed by atoms with Crippen LogP contribution in [0.25, 0.3) is 0 Å². The van der Waals surface area contributed by atoms with Crippen LogP contribution in [0.2, 0.25) is 0 Å². The molecule has 0 amide bonds. The van der Waals surface area contributed by atoms with Crippen LogP contribution in [-0.2, 0) is 6.61 Å². The smallest absolute Gasteiger partial charge is 0.123 e. The number of hydrogen-bond acceptors (Lipinski definition) is 3. The Hall–Kier alpha value is -2.38. The molecule has 0 aliphatic carbocycles. The highest BCUT2D eigenvalue weighted by Gasteiger charge is 2.06. The molecule has 0 fully saturated rings. The molecule has 20 heavy (non-hydrogen) atoms. The summed E-state index contributed by atoms with van der Waals surface area (Å²) in [4.78, 5) is 0. The predicted molar refractivity (Wildman–Crippen MR) is 72.5 cm³/mol. The van der Waals surface area contributed by atoms with E-state index >= 15 is 0 Å². The van der Waals surface area contributed by atoms with Crippen molar-refractivity contribution in [1.82, 2.24) is 0 Å². The van der Waals surface area contributed by atoms with Crippen molar-refractivity contribution in [3.8, 4) is 11.8 Å². The summed E-state index contributed by atoms with van der Waals surface area (Å²) in [6, 6.07) is 13.0. The van der Waals surface area contributed by atoms with Gasteiger partial charge in [0.15, 0.2) is 0 Å². The van der Waals surface area contributed by atoms with Gasteiger partial charge in [-0.05, 0) is 42.8 Å². The Balaban J connectivity index is 2.15. The fourth-order valence-electron chi connectivity index (χ4n) is 1.82. The lowest BCUT2D eigenvalue weighted by Crippen LogP contribution is -2.00. The van der Waals surface area contributed by atoms with Crippen LogP contribution in [-0.4, -0.2) is 5.11 Å². The van der Waals surface area contributed by atoms with E-state index in [0.717, 1.165) is 5.56 Å². The van der Waals surface area contributed by atoms with Gasteiger partial charge < -0.3 is 9.84 Å². The van der Waals surface area contributed by atoms with Gasteiger partial charge in [0.1, 0.15) is 18.2 Å². The van der Waals surface area contributed by atoms with E-state index in [1.807, 2.05) is 6.07 Å². The van der Waals surface area contributed by atoms with Crippen LogP contribution < -0.4 is 4.74 Å². The molecule has 0 saturated carbocycles. The third-order valence-electron chi connectivity index (χ3n) is 2.92. The number of halogens is 1. The minimum Gasteiger partial charge on any atom is -0.489 e. The molecule has 4 heteroatoms. The topological polar surface area (TPSA) is 53.2 Å². The number of ether oxygens (including phenoxy) is 1. The standard InChI is InChI=1S/C16H14FNO2/c1-11(19)12-3-2-4-16(8-12)20-10-14-7-15(17)6-5-13(14)9-18/h2-8,11,19H,10H2,1H3/t11-/m1/s1. The van der Waals surface area contributed by atoms with Gasteiger partial charge in [-0.2, -0.15) is 5.26 Å². The molecular formula is C16H14FNO2. The summed E-state index contributed by atoms with van der Waals surface area (Å²) in [6.07, 6.45) is -0.581. The second kappa shape index (κ2) is 6.18. The Bertz CT molecular complexity index is 647. The van der Waals surface area contributed by atoms with Crippen molar-refractivity contribution in [3.05, 3.63) is 65.0 Å². The molecule has 2 rings (SSSR count). The van der Waals surface area contributed by atoms with Crippen LogP contribution in [0.5, 0.6) is 5.75 Å². The van der Waals surface area contributed by atoms with Crippen LogP contribution in [0.15, 0.2) is 42.5 Å². The van der Waals surface area contributed by atoms with Crippen LogP contribution in [0, 0.1) is 17.1 Å². The Morgan fingerprint density at radius 2 is 2.10 bits per heavy atom. The molecule has 0 aliphatic rings. The summed E-state index contributed by atoms with van der Waals surface area (Å²) in [5, 5.41) is 18.5. The molecule has 3 nitrogen and oxygen atoms in total. The van der Waals surface area contributed by atoms with Gasteiger partial charge in [0.05, 0.1) is 17.7 Å². The monoisotopic (exact) mass is 271 g/mol. The van der Waals surface area contributed by atoms with Gasteiger partial charge in [-0.3, -0.25) is 0 Å². The van der Waals surface area contributed by atoms with E-state index in [1.165, 1.54) is 18.2 Å². The van der Waals surface area contributed by atoms with Crippen molar-refractivity contribution in [3.63, 3.8) is 0 Å². The first-order valence-corrected chi connectivity index (χ1v) is 6.19. The minimum absolute atomic E-state index is 0.101. The first kappa shape index (κ1) is 14.0. The molecule has 0 aliphatic heterocycles. The zero-order valence-corrected chi connectivity index (χ0v) is 11.0. The second-order valence-electron chi connectivity index (χ2n) is 4.45. The van der Waals surface area contributed by atoms with E-state index in [0.29, 0.717) is 16.9 Å². The molecule has 0 aromatic heterocycles. The van der Waals surface area contributed by atoms with E-state index in [4.69, 9.17) is 10.00 Å². The molecule has 102 valence electrons. The SMILES string of the molecule is C[C@@H](O)c1cccc(OCc2cc(F)ccc2C#N)c1. The number of nitrogens with zero attached hydrogens (tertiary/aromatic N) is 1. The zero-order chi connectivity index (χ0) is 14.5. The summed E-state index contributed by atoms with van der Waals surface area (Å²) in [5.41, 5.74) is 1.62. The average molecular weight is 271 g/mol. The van der Waals surface area contributed by atoms with Crippen LogP contribution >= 0.6 is 0 Å². The van der Waals surface area contributed by atoms with Crippen molar-refractivity contribution >= 4 is 0 Å². The Morgan fingerprint density at radius 1 is 1.30 bits per heavy atom. The van der Waals surface area contributed by atoms with E-state index in [9.17, 15) is 9.50 Å². The number of aliphatic hydroxyl groups is 1. The molecule has 0 bridgehead atoms. The van der Waals surface area contributed by atoms with E-state index in [2.05, 4.69) is 0 Å². The number of hydrogen-bond donors (Lipinski definition) is 1. The molecule has 2 aromatic carbocycles. The van der Waals surface area contributed by atoms with Crippen molar-refractivity contribution in [1.29, 1.82) is 5.26 Å². The lowest BCUT2D eigenvalue weighted by molar-refractivity contribution is 0.198. The van der Waals surface area contributed by atoms with E-state index < -0.39 is 11.9 Å². The second-order valence-corrected chi connectivity index (χ2v) is 4.45. The van der Waals surface area contributed by atoms with Gasteiger partial charge >= 0.3 is 0 Å². The molecule has 0 saturated heterocycles.